The number of nitro benzene ring substituents is 1. The van der Waals surface area contributed by atoms with E-state index in [1.165, 1.54) is 0 Å². The second kappa shape index (κ2) is 17.5. The molecule has 1 heterocycles. The van der Waals surface area contributed by atoms with Crippen LogP contribution in [0.15, 0.2) is 59.5 Å². The van der Waals surface area contributed by atoms with E-state index in [1.807, 2.05) is 13.8 Å². The Balaban J connectivity index is 0.00000330. The van der Waals surface area contributed by atoms with Crippen LogP contribution >= 0.6 is 7.82 Å². The fraction of sp³-hybridized carbons (Fsp3) is 0.536. The molecule has 246 valence electrons. The number of nitro groups is 1. The van der Waals surface area contributed by atoms with Crippen molar-refractivity contribution in [3.63, 3.8) is 0 Å². The van der Waals surface area contributed by atoms with Crippen LogP contribution in [0.5, 0.6) is 0 Å². The van der Waals surface area contributed by atoms with Crippen LogP contribution in [0.3, 0.4) is 0 Å². The molecule has 2 aromatic rings. The van der Waals surface area contributed by atoms with Gasteiger partial charge in [-0.3, -0.25) is 14.6 Å². The number of non-ortho nitro benzene ring substituents is 1. The zero-order valence-corrected chi connectivity index (χ0v) is 27.0. The molecule has 3 rings (SSSR count). The number of amides is 1. The summed E-state index contributed by atoms with van der Waals surface area (Å²) in [6, 6.07) is 12.5. The highest BCUT2D eigenvalue weighted by Crippen LogP contribution is 2.37. The average molecular weight is 660 g/mol. The second-order valence-corrected chi connectivity index (χ2v) is 13.5. The Bertz CT molecular complexity index is 1330. The minimum Gasteiger partial charge on any atom is -0.444 e. The molecule has 1 fully saturated rings. The zero-order chi connectivity index (χ0) is 32.9. The van der Waals surface area contributed by atoms with E-state index in [2.05, 4.69) is 5.32 Å². The van der Waals surface area contributed by atoms with Crippen LogP contribution in [0.2, 0.25) is 0 Å². The molecule has 0 aliphatic carbocycles. The van der Waals surface area contributed by atoms with E-state index in [9.17, 15) is 37.7 Å². The van der Waals surface area contributed by atoms with Crippen molar-refractivity contribution in [2.75, 3.05) is 32.9 Å². The Morgan fingerprint density at radius 1 is 1.14 bits per heavy atom. The summed E-state index contributed by atoms with van der Waals surface area (Å²) in [7, 11) is -9.22. The summed E-state index contributed by atoms with van der Waals surface area (Å²) in [5.41, 5.74) is 0.484. The van der Waals surface area contributed by atoms with Gasteiger partial charge in [0.2, 0.25) is 10.0 Å². The third kappa shape index (κ3) is 12.2. The lowest BCUT2D eigenvalue weighted by Gasteiger charge is -2.33. The molecule has 44 heavy (non-hydrogen) atoms. The molecule has 1 saturated heterocycles. The SMILES string of the molecule is CC.CC(C)CN(C[C@@H](COP(=O)(O)O)[C@H](Cc1ccccc1)NC(=O)OC1CCOC1)S(=O)(=O)c1ccc([N+](=O)[O-])cc1. The Morgan fingerprint density at radius 3 is 2.30 bits per heavy atom. The maximum atomic E-state index is 13.8. The summed E-state index contributed by atoms with van der Waals surface area (Å²) in [4.78, 5) is 42.1. The number of hydrogen-bond acceptors (Lipinski definition) is 9. The van der Waals surface area contributed by atoms with E-state index in [0.717, 1.165) is 34.1 Å². The van der Waals surface area contributed by atoms with Gasteiger partial charge in [-0.05, 0) is 30.0 Å². The number of ether oxygens (including phenoxy) is 2. The van der Waals surface area contributed by atoms with Crippen LogP contribution in [0, 0.1) is 22.0 Å². The maximum absolute atomic E-state index is 13.8. The number of nitrogens with zero attached hydrogens (tertiary/aromatic N) is 2. The molecule has 1 amide bonds. The number of sulfonamides is 1. The van der Waals surface area contributed by atoms with Crippen LogP contribution in [0.4, 0.5) is 10.5 Å². The molecular weight excluding hydrogens is 617 g/mol. The lowest BCUT2D eigenvalue weighted by Crippen LogP contribution is -2.50. The fourth-order valence-corrected chi connectivity index (χ4v) is 6.51. The predicted molar refractivity (Wildman–Crippen MR) is 162 cm³/mol. The monoisotopic (exact) mass is 659 g/mol. The summed E-state index contributed by atoms with van der Waals surface area (Å²) >= 11 is 0. The molecule has 0 saturated carbocycles. The van der Waals surface area contributed by atoms with Crippen molar-refractivity contribution in [1.82, 2.24) is 9.62 Å². The molecule has 0 aromatic heterocycles. The number of carbonyl (C=O) groups is 1. The van der Waals surface area contributed by atoms with E-state index in [1.54, 1.807) is 44.2 Å². The normalized spacial score (nSPS) is 16.6. The molecule has 3 atom stereocenters. The first-order valence-corrected chi connectivity index (χ1v) is 17.2. The first kappa shape index (κ1) is 37.3. The van der Waals surface area contributed by atoms with Crippen molar-refractivity contribution in [2.24, 2.45) is 11.8 Å². The predicted octanol–water partition coefficient (Wildman–Crippen LogP) is 4.12. The number of rotatable bonds is 15. The minimum absolute atomic E-state index is 0.00759. The highest BCUT2D eigenvalue weighted by atomic mass is 32.2. The number of nitrogens with one attached hydrogen (secondary N) is 1. The minimum atomic E-state index is -4.98. The van der Waals surface area contributed by atoms with Gasteiger partial charge in [-0.15, -0.1) is 0 Å². The van der Waals surface area contributed by atoms with Crippen LogP contribution in [0.1, 0.15) is 39.7 Å². The average Bonchev–Trinajstić information content (AvgIpc) is 3.48. The Labute approximate surface area is 258 Å². The van der Waals surface area contributed by atoms with Crippen molar-refractivity contribution >= 4 is 29.6 Å². The number of hydrogen-bond donors (Lipinski definition) is 3. The number of benzene rings is 2. The standard InChI is InChI=1S/C26H36N3O11PS.C2H6/c1-19(2)15-28(42(36,37)24-10-8-22(9-11-24)29(31)32)16-21(17-39-41(33,34)35)25(14-20-6-4-3-5-7-20)27-26(30)40-23-12-13-38-18-23;1-2/h3-11,19,21,23,25H,12-18H2,1-2H3,(H,27,30)(H2,33,34,35);1-2H3/t21-,23?,25-;/m0./s1. The Hall–Kier alpha value is -2.91. The summed E-state index contributed by atoms with van der Waals surface area (Å²) in [5, 5.41) is 13.8. The Kier molecular flexibility index (Phi) is 14.9. The number of carbonyl (C=O) groups excluding carboxylic acids is 1. The van der Waals surface area contributed by atoms with E-state index < -0.39 is 53.5 Å². The van der Waals surface area contributed by atoms with Gasteiger partial charge in [-0.2, -0.15) is 4.31 Å². The third-order valence-corrected chi connectivity index (χ3v) is 8.81. The van der Waals surface area contributed by atoms with Gasteiger partial charge in [-0.1, -0.05) is 58.0 Å². The van der Waals surface area contributed by atoms with Gasteiger partial charge < -0.3 is 24.6 Å². The quantitative estimate of drug-likeness (QED) is 0.141. The molecule has 16 heteroatoms. The molecule has 14 nitrogen and oxygen atoms in total. The van der Waals surface area contributed by atoms with E-state index in [4.69, 9.17) is 14.0 Å². The lowest BCUT2D eigenvalue weighted by molar-refractivity contribution is -0.384. The topological polar surface area (TPSA) is 195 Å². The molecule has 1 unspecified atom stereocenters. The smallest absolute Gasteiger partial charge is 0.444 e. The molecule has 0 radical (unpaired) electrons. The van der Waals surface area contributed by atoms with Crippen LogP contribution in [-0.2, 0) is 35.0 Å². The number of phosphoric ester groups is 1. The van der Waals surface area contributed by atoms with Crippen molar-refractivity contribution < 1.29 is 46.5 Å². The van der Waals surface area contributed by atoms with Gasteiger partial charge in [0.25, 0.3) is 5.69 Å². The fourth-order valence-electron chi connectivity index (χ4n) is 4.46. The second-order valence-electron chi connectivity index (χ2n) is 10.3. The maximum Gasteiger partial charge on any atom is 0.469 e. The largest absolute Gasteiger partial charge is 0.469 e. The molecule has 0 spiro atoms. The van der Waals surface area contributed by atoms with Gasteiger partial charge >= 0.3 is 13.9 Å². The molecule has 1 aliphatic rings. The van der Waals surface area contributed by atoms with Crippen molar-refractivity contribution in [2.45, 2.75) is 57.6 Å². The first-order valence-electron chi connectivity index (χ1n) is 14.3. The third-order valence-electron chi connectivity index (χ3n) is 6.48. The van der Waals surface area contributed by atoms with Gasteiger partial charge in [0.1, 0.15) is 6.10 Å². The molecule has 1 aliphatic heterocycles. The van der Waals surface area contributed by atoms with Crippen molar-refractivity contribution in [3.8, 4) is 0 Å². The number of phosphoric acid groups is 1. The first-order chi connectivity index (χ1) is 20.7. The van der Waals surface area contributed by atoms with Crippen molar-refractivity contribution in [1.29, 1.82) is 0 Å². The van der Waals surface area contributed by atoms with E-state index in [-0.39, 0.29) is 42.6 Å². The molecular formula is C28H42N3O11PS. The molecule has 3 N–H and O–H groups in total. The molecule has 2 aromatic carbocycles. The van der Waals surface area contributed by atoms with Gasteiger partial charge in [-0.25, -0.2) is 17.8 Å². The zero-order valence-electron chi connectivity index (χ0n) is 25.3. The summed E-state index contributed by atoms with van der Waals surface area (Å²) in [5.74, 6) is -1.13. The van der Waals surface area contributed by atoms with Crippen LogP contribution in [-0.4, -0.2) is 78.6 Å². The highest BCUT2D eigenvalue weighted by Gasteiger charge is 2.35. The van der Waals surface area contributed by atoms with Crippen molar-refractivity contribution in [3.05, 3.63) is 70.3 Å². The summed E-state index contributed by atoms with van der Waals surface area (Å²) < 4.78 is 55.9. The highest BCUT2D eigenvalue weighted by molar-refractivity contribution is 7.89. The van der Waals surface area contributed by atoms with Gasteiger partial charge in [0.05, 0.1) is 29.6 Å². The van der Waals surface area contributed by atoms with E-state index in [0.29, 0.717) is 13.0 Å². The van der Waals surface area contributed by atoms with E-state index >= 15 is 0 Å². The van der Waals surface area contributed by atoms with Gasteiger partial charge in [0, 0.05) is 43.6 Å². The van der Waals surface area contributed by atoms with Crippen LogP contribution < -0.4 is 5.32 Å². The lowest BCUT2D eigenvalue weighted by atomic mass is 9.93. The van der Waals surface area contributed by atoms with Gasteiger partial charge in [0.15, 0.2) is 0 Å². The summed E-state index contributed by atoms with van der Waals surface area (Å²) in [6.45, 7) is 7.36. The summed E-state index contributed by atoms with van der Waals surface area (Å²) in [6.07, 6.45) is -0.579. The number of alkyl carbamates (subject to hydrolysis) is 1. The van der Waals surface area contributed by atoms with Crippen LogP contribution in [0.25, 0.3) is 0 Å². The molecule has 0 bridgehead atoms. The Morgan fingerprint density at radius 2 is 1.77 bits per heavy atom.